The maximum absolute atomic E-state index is 5.19. The average molecular weight is 196 g/mol. The highest BCUT2D eigenvalue weighted by Gasteiger charge is 2.03. The second-order valence-corrected chi connectivity index (χ2v) is 3.25. The van der Waals surface area contributed by atoms with Crippen LogP contribution >= 0.6 is 0 Å². The van der Waals surface area contributed by atoms with Crippen LogP contribution in [-0.2, 0) is 0 Å². The first-order valence-electron chi connectivity index (χ1n) is 4.68. The normalized spacial score (nSPS) is 10.7. The maximum atomic E-state index is 5.19. The van der Waals surface area contributed by atoms with Gasteiger partial charge in [0.2, 0.25) is 0 Å². The molecule has 3 nitrogen and oxygen atoms in total. The van der Waals surface area contributed by atoms with E-state index < -0.39 is 0 Å². The minimum Gasteiger partial charge on any atom is -0.442 e. The molecule has 3 rings (SSSR count). The molecule has 3 heteroatoms. The summed E-state index contributed by atoms with van der Waals surface area (Å²) in [7, 11) is 0. The van der Waals surface area contributed by atoms with E-state index in [1.54, 1.807) is 6.20 Å². The van der Waals surface area contributed by atoms with Crippen molar-refractivity contribution in [3.8, 4) is 11.5 Å². The first kappa shape index (κ1) is 8.17. The molecule has 0 radical (unpaired) electrons. The van der Waals surface area contributed by atoms with Crippen molar-refractivity contribution in [1.82, 2.24) is 9.97 Å². The van der Waals surface area contributed by atoms with Gasteiger partial charge in [0.25, 0.3) is 0 Å². The molecule has 72 valence electrons. The van der Waals surface area contributed by atoms with Crippen LogP contribution in [0.3, 0.4) is 0 Å². The van der Waals surface area contributed by atoms with Gasteiger partial charge in [-0.3, -0.25) is 0 Å². The molecule has 2 aromatic heterocycles. The van der Waals surface area contributed by atoms with E-state index in [0.29, 0.717) is 5.76 Å². The second-order valence-electron chi connectivity index (χ2n) is 3.25. The van der Waals surface area contributed by atoms with Crippen LogP contribution in [0.2, 0.25) is 0 Å². The highest BCUT2D eigenvalue weighted by atomic mass is 16.3. The van der Waals surface area contributed by atoms with E-state index in [2.05, 4.69) is 9.97 Å². The second kappa shape index (κ2) is 3.20. The van der Waals surface area contributed by atoms with Gasteiger partial charge in [0.05, 0.1) is 11.7 Å². The average Bonchev–Trinajstić information content (AvgIpc) is 2.82. The summed E-state index contributed by atoms with van der Waals surface area (Å²) in [6.45, 7) is 0. The van der Waals surface area contributed by atoms with E-state index in [4.69, 9.17) is 4.42 Å². The van der Waals surface area contributed by atoms with Crippen LogP contribution in [0.15, 0.2) is 53.4 Å². The lowest BCUT2D eigenvalue weighted by Gasteiger charge is -1.98. The monoisotopic (exact) mass is 196 g/mol. The van der Waals surface area contributed by atoms with Gasteiger partial charge in [0.1, 0.15) is 5.69 Å². The van der Waals surface area contributed by atoms with Crippen molar-refractivity contribution < 1.29 is 4.42 Å². The molecule has 0 unspecified atom stereocenters. The predicted octanol–water partition coefficient (Wildman–Crippen LogP) is 2.89. The molecule has 0 saturated heterocycles. The molecule has 2 heterocycles. The lowest BCUT2D eigenvalue weighted by molar-refractivity contribution is 0.570. The molecule has 0 fully saturated rings. The SMILES string of the molecule is c1ccc2nc(-c3cnco3)ccc2c1. The summed E-state index contributed by atoms with van der Waals surface area (Å²) < 4.78 is 5.19. The number of rotatable bonds is 1. The standard InChI is InChI=1S/C12H8N2O/c1-2-4-10-9(3-1)5-6-11(14-10)12-7-13-8-15-12/h1-8H. The fraction of sp³-hybridized carbons (Fsp3) is 0. The Morgan fingerprint density at radius 1 is 1.00 bits per heavy atom. The Balaban J connectivity index is 2.22. The van der Waals surface area contributed by atoms with Crippen LogP contribution in [-0.4, -0.2) is 9.97 Å². The lowest BCUT2D eigenvalue weighted by Crippen LogP contribution is -1.82. The van der Waals surface area contributed by atoms with Crippen LogP contribution < -0.4 is 0 Å². The highest BCUT2D eigenvalue weighted by molar-refractivity contribution is 5.80. The van der Waals surface area contributed by atoms with Crippen LogP contribution in [0.4, 0.5) is 0 Å². The molecule has 0 bridgehead atoms. The number of oxazole rings is 1. The minimum atomic E-state index is 0.695. The third-order valence-corrected chi connectivity index (χ3v) is 2.28. The van der Waals surface area contributed by atoms with Crippen LogP contribution in [0.5, 0.6) is 0 Å². The molecule has 15 heavy (non-hydrogen) atoms. The van der Waals surface area contributed by atoms with Gasteiger partial charge >= 0.3 is 0 Å². The number of hydrogen-bond donors (Lipinski definition) is 0. The highest BCUT2D eigenvalue weighted by Crippen LogP contribution is 2.19. The Kier molecular flexibility index (Phi) is 1.75. The number of hydrogen-bond acceptors (Lipinski definition) is 3. The molecule has 1 aromatic carbocycles. The smallest absolute Gasteiger partial charge is 0.181 e. The fourth-order valence-electron chi connectivity index (χ4n) is 1.55. The van der Waals surface area contributed by atoms with Gasteiger partial charge in [0, 0.05) is 5.39 Å². The summed E-state index contributed by atoms with van der Waals surface area (Å²) in [5.74, 6) is 0.695. The number of para-hydroxylation sites is 1. The van der Waals surface area contributed by atoms with Crippen molar-refractivity contribution in [2.45, 2.75) is 0 Å². The summed E-state index contributed by atoms with van der Waals surface area (Å²) >= 11 is 0. The zero-order chi connectivity index (χ0) is 10.1. The van der Waals surface area contributed by atoms with Gasteiger partial charge in [-0.05, 0) is 12.1 Å². The minimum absolute atomic E-state index is 0.695. The molecule has 0 saturated carbocycles. The predicted molar refractivity (Wildman–Crippen MR) is 57.2 cm³/mol. The van der Waals surface area contributed by atoms with Crippen molar-refractivity contribution in [3.05, 3.63) is 49.0 Å². The van der Waals surface area contributed by atoms with Crippen LogP contribution in [0.25, 0.3) is 22.4 Å². The molecule has 0 aliphatic rings. The van der Waals surface area contributed by atoms with Crippen molar-refractivity contribution in [2.75, 3.05) is 0 Å². The Morgan fingerprint density at radius 2 is 1.93 bits per heavy atom. The summed E-state index contributed by atoms with van der Waals surface area (Å²) in [4.78, 5) is 8.36. The van der Waals surface area contributed by atoms with Crippen molar-refractivity contribution in [2.24, 2.45) is 0 Å². The van der Waals surface area contributed by atoms with Crippen molar-refractivity contribution in [1.29, 1.82) is 0 Å². The molecule has 0 spiro atoms. The molecule has 0 aliphatic carbocycles. The van der Waals surface area contributed by atoms with Crippen molar-refractivity contribution in [3.63, 3.8) is 0 Å². The number of benzene rings is 1. The van der Waals surface area contributed by atoms with E-state index in [1.165, 1.54) is 6.39 Å². The Labute approximate surface area is 86.4 Å². The third kappa shape index (κ3) is 1.38. The molecular weight excluding hydrogens is 188 g/mol. The topological polar surface area (TPSA) is 38.9 Å². The van der Waals surface area contributed by atoms with E-state index in [9.17, 15) is 0 Å². The zero-order valence-corrected chi connectivity index (χ0v) is 7.92. The van der Waals surface area contributed by atoms with Gasteiger partial charge in [-0.2, -0.15) is 0 Å². The third-order valence-electron chi connectivity index (χ3n) is 2.28. The van der Waals surface area contributed by atoms with Crippen LogP contribution in [0, 0.1) is 0 Å². The van der Waals surface area contributed by atoms with E-state index >= 15 is 0 Å². The first-order valence-corrected chi connectivity index (χ1v) is 4.68. The van der Waals surface area contributed by atoms with Gasteiger partial charge in [-0.25, -0.2) is 9.97 Å². The Bertz CT molecular complexity index is 587. The molecular formula is C12H8N2O. The Morgan fingerprint density at radius 3 is 2.80 bits per heavy atom. The summed E-state index contributed by atoms with van der Waals surface area (Å²) in [5, 5.41) is 1.13. The summed E-state index contributed by atoms with van der Waals surface area (Å²) in [6.07, 6.45) is 3.07. The first-order chi connectivity index (χ1) is 7.43. The van der Waals surface area contributed by atoms with Crippen molar-refractivity contribution >= 4 is 10.9 Å². The van der Waals surface area contributed by atoms with Gasteiger partial charge < -0.3 is 4.42 Å². The Hall–Kier alpha value is -2.16. The molecule has 0 amide bonds. The largest absolute Gasteiger partial charge is 0.442 e. The molecule has 3 aromatic rings. The summed E-state index contributed by atoms with van der Waals surface area (Å²) in [6, 6.07) is 11.9. The van der Waals surface area contributed by atoms with E-state index in [0.717, 1.165) is 16.6 Å². The van der Waals surface area contributed by atoms with E-state index in [1.807, 2.05) is 36.4 Å². The fourth-order valence-corrected chi connectivity index (χ4v) is 1.55. The van der Waals surface area contributed by atoms with Gasteiger partial charge in [-0.15, -0.1) is 0 Å². The van der Waals surface area contributed by atoms with Gasteiger partial charge in [-0.1, -0.05) is 24.3 Å². The molecule has 0 atom stereocenters. The van der Waals surface area contributed by atoms with Crippen LogP contribution in [0.1, 0.15) is 0 Å². The maximum Gasteiger partial charge on any atom is 0.181 e. The quantitative estimate of drug-likeness (QED) is 0.600. The molecule has 0 aliphatic heterocycles. The number of aromatic nitrogens is 2. The lowest BCUT2D eigenvalue weighted by atomic mass is 10.2. The number of fused-ring (bicyclic) bond motifs is 1. The van der Waals surface area contributed by atoms with Gasteiger partial charge in [0.15, 0.2) is 12.2 Å². The summed E-state index contributed by atoms with van der Waals surface area (Å²) in [5.41, 5.74) is 1.78. The van der Waals surface area contributed by atoms with E-state index in [-0.39, 0.29) is 0 Å². The molecule has 0 N–H and O–H groups in total. The zero-order valence-electron chi connectivity index (χ0n) is 7.92. The number of pyridine rings is 1. The number of nitrogens with zero attached hydrogens (tertiary/aromatic N) is 2.